The largest absolute Gasteiger partial charge is 0.360 e. The van der Waals surface area contributed by atoms with Crippen molar-refractivity contribution in [3.63, 3.8) is 0 Å². The van der Waals surface area contributed by atoms with Crippen LogP contribution in [0, 0.1) is 6.92 Å². The lowest BCUT2D eigenvalue weighted by Crippen LogP contribution is -2.30. The Morgan fingerprint density at radius 2 is 2.15 bits per heavy atom. The van der Waals surface area contributed by atoms with Gasteiger partial charge >= 0.3 is 0 Å². The molecule has 0 spiro atoms. The van der Waals surface area contributed by atoms with Crippen LogP contribution < -0.4 is 10.6 Å². The van der Waals surface area contributed by atoms with Crippen molar-refractivity contribution in [2.75, 3.05) is 5.32 Å². The van der Waals surface area contributed by atoms with Crippen molar-refractivity contribution < 1.29 is 0 Å². The number of benzene rings is 1. The topological polar surface area (TPSA) is 41.9 Å². The van der Waals surface area contributed by atoms with Gasteiger partial charge in [0.15, 0.2) is 10.9 Å². The van der Waals surface area contributed by atoms with Gasteiger partial charge in [-0.1, -0.05) is 24.3 Å². The van der Waals surface area contributed by atoms with E-state index in [0.717, 1.165) is 12.4 Å². The number of thiocarbonyl (C=S) groups is 1. The SMILES string of the molecule is Cc1ccccc1Cn1ccc(NC(=S)NC2CC2)n1. The summed E-state index contributed by atoms with van der Waals surface area (Å²) in [5.74, 6) is 0.789. The Kier molecular flexibility index (Phi) is 3.69. The normalized spacial score (nSPS) is 14.1. The molecule has 5 heteroatoms. The highest BCUT2D eigenvalue weighted by molar-refractivity contribution is 7.80. The Balaban J connectivity index is 1.61. The molecule has 0 unspecified atom stereocenters. The summed E-state index contributed by atoms with van der Waals surface area (Å²) in [6.45, 7) is 2.89. The number of anilines is 1. The molecular weight excluding hydrogens is 268 g/mol. The highest BCUT2D eigenvalue weighted by Gasteiger charge is 2.21. The van der Waals surface area contributed by atoms with Crippen LogP contribution in [0.2, 0.25) is 0 Å². The summed E-state index contributed by atoms with van der Waals surface area (Å²) < 4.78 is 1.92. The number of aromatic nitrogens is 2. The highest BCUT2D eigenvalue weighted by atomic mass is 32.1. The Morgan fingerprint density at radius 3 is 2.90 bits per heavy atom. The van der Waals surface area contributed by atoms with Crippen molar-refractivity contribution in [3.8, 4) is 0 Å². The molecule has 0 amide bonds. The molecule has 0 radical (unpaired) electrons. The van der Waals surface area contributed by atoms with Gasteiger partial charge in [-0.15, -0.1) is 0 Å². The molecule has 4 nitrogen and oxygen atoms in total. The summed E-state index contributed by atoms with van der Waals surface area (Å²) in [6, 6.07) is 10.9. The predicted octanol–water partition coefficient (Wildman–Crippen LogP) is 2.69. The van der Waals surface area contributed by atoms with Crippen LogP contribution in [0.3, 0.4) is 0 Å². The summed E-state index contributed by atoms with van der Waals surface area (Å²) in [5, 5.41) is 11.5. The summed E-state index contributed by atoms with van der Waals surface area (Å²) in [5.41, 5.74) is 2.56. The molecule has 2 aromatic rings. The van der Waals surface area contributed by atoms with E-state index in [-0.39, 0.29) is 0 Å². The van der Waals surface area contributed by atoms with Crippen LogP contribution in [0.25, 0.3) is 0 Å². The first kappa shape index (κ1) is 13.1. The first-order valence-corrected chi connectivity index (χ1v) is 7.27. The molecule has 0 bridgehead atoms. The molecule has 1 heterocycles. The summed E-state index contributed by atoms with van der Waals surface area (Å²) in [7, 11) is 0. The van der Waals surface area contributed by atoms with Crippen molar-refractivity contribution in [2.24, 2.45) is 0 Å². The third-order valence-corrected chi connectivity index (χ3v) is 3.61. The Labute approximate surface area is 124 Å². The second kappa shape index (κ2) is 5.63. The minimum atomic E-state index is 0.559. The third kappa shape index (κ3) is 3.36. The van der Waals surface area contributed by atoms with E-state index in [2.05, 4.69) is 46.9 Å². The lowest BCUT2D eigenvalue weighted by atomic mass is 10.1. The number of nitrogens with one attached hydrogen (secondary N) is 2. The number of nitrogens with zero attached hydrogens (tertiary/aromatic N) is 2. The molecule has 1 aromatic heterocycles. The Morgan fingerprint density at radius 1 is 1.35 bits per heavy atom. The number of rotatable bonds is 4. The van der Waals surface area contributed by atoms with E-state index in [1.807, 2.05) is 16.9 Å². The van der Waals surface area contributed by atoms with E-state index in [1.165, 1.54) is 24.0 Å². The number of hydrogen-bond donors (Lipinski definition) is 2. The van der Waals surface area contributed by atoms with Gasteiger partial charge in [0, 0.05) is 18.3 Å². The van der Waals surface area contributed by atoms with Gasteiger partial charge < -0.3 is 10.6 Å². The average molecular weight is 286 g/mol. The van der Waals surface area contributed by atoms with Gasteiger partial charge in [0.05, 0.1) is 6.54 Å². The molecule has 20 heavy (non-hydrogen) atoms. The lowest BCUT2D eigenvalue weighted by Gasteiger charge is -2.07. The fourth-order valence-corrected chi connectivity index (χ4v) is 2.32. The van der Waals surface area contributed by atoms with Crippen molar-refractivity contribution in [1.29, 1.82) is 0 Å². The van der Waals surface area contributed by atoms with Gasteiger partial charge in [0.2, 0.25) is 0 Å². The predicted molar refractivity (Wildman–Crippen MR) is 84.9 cm³/mol. The molecule has 1 saturated carbocycles. The third-order valence-electron chi connectivity index (χ3n) is 3.39. The zero-order chi connectivity index (χ0) is 13.9. The molecule has 1 aromatic carbocycles. The van der Waals surface area contributed by atoms with Gasteiger partial charge in [-0.2, -0.15) is 5.10 Å². The molecule has 104 valence electrons. The standard InChI is InChI=1S/C15H18N4S/c1-11-4-2-3-5-12(11)10-19-9-8-14(18-19)17-15(20)16-13-6-7-13/h2-5,8-9,13H,6-7,10H2,1H3,(H2,16,17,18,20). The molecule has 3 rings (SSSR count). The second-order valence-corrected chi connectivity index (χ2v) is 5.61. The summed E-state index contributed by atoms with van der Waals surface area (Å²) >= 11 is 5.24. The zero-order valence-corrected chi connectivity index (χ0v) is 12.3. The fourth-order valence-electron chi connectivity index (χ4n) is 2.04. The quantitative estimate of drug-likeness (QED) is 0.848. The first-order valence-electron chi connectivity index (χ1n) is 6.86. The van der Waals surface area contributed by atoms with E-state index < -0.39 is 0 Å². The van der Waals surface area contributed by atoms with E-state index in [4.69, 9.17) is 12.2 Å². The van der Waals surface area contributed by atoms with Crippen LogP contribution in [-0.2, 0) is 6.54 Å². The van der Waals surface area contributed by atoms with Crippen LogP contribution in [-0.4, -0.2) is 20.9 Å². The van der Waals surface area contributed by atoms with Gasteiger partial charge in [-0.25, -0.2) is 0 Å². The molecular formula is C15H18N4S. The van der Waals surface area contributed by atoms with E-state index in [9.17, 15) is 0 Å². The second-order valence-electron chi connectivity index (χ2n) is 5.20. The Hall–Kier alpha value is -1.88. The first-order chi connectivity index (χ1) is 9.70. The number of hydrogen-bond acceptors (Lipinski definition) is 2. The van der Waals surface area contributed by atoms with Crippen molar-refractivity contribution in [2.45, 2.75) is 32.4 Å². The molecule has 0 saturated heterocycles. The van der Waals surface area contributed by atoms with Crippen molar-refractivity contribution in [3.05, 3.63) is 47.7 Å². The smallest absolute Gasteiger partial charge is 0.172 e. The van der Waals surface area contributed by atoms with E-state index in [0.29, 0.717) is 11.2 Å². The van der Waals surface area contributed by atoms with Gasteiger partial charge in [-0.05, 0) is 43.1 Å². The molecule has 1 aliphatic rings. The average Bonchev–Trinajstić information content (AvgIpc) is 3.12. The molecule has 0 aliphatic heterocycles. The summed E-state index contributed by atoms with van der Waals surface area (Å²) in [4.78, 5) is 0. The minimum Gasteiger partial charge on any atom is -0.360 e. The Bertz CT molecular complexity index is 616. The molecule has 0 atom stereocenters. The summed E-state index contributed by atoms with van der Waals surface area (Å²) in [6.07, 6.45) is 4.39. The van der Waals surface area contributed by atoms with Crippen LogP contribution in [0.5, 0.6) is 0 Å². The molecule has 1 aliphatic carbocycles. The lowest BCUT2D eigenvalue weighted by molar-refractivity contribution is 0.687. The van der Waals surface area contributed by atoms with Crippen LogP contribution in [0.1, 0.15) is 24.0 Å². The molecule has 2 N–H and O–H groups in total. The zero-order valence-electron chi connectivity index (χ0n) is 11.5. The van der Waals surface area contributed by atoms with E-state index in [1.54, 1.807) is 0 Å². The van der Waals surface area contributed by atoms with E-state index >= 15 is 0 Å². The fraction of sp³-hybridized carbons (Fsp3) is 0.333. The van der Waals surface area contributed by atoms with Crippen LogP contribution in [0.15, 0.2) is 36.5 Å². The van der Waals surface area contributed by atoms with Gasteiger partial charge in [-0.3, -0.25) is 4.68 Å². The van der Waals surface area contributed by atoms with Crippen molar-refractivity contribution >= 4 is 23.1 Å². The van der Waals surface area contributed by atoms with Crippen molar-refractivity contribution in [1.82, 2.24) is 15.1 Å². The van der Waals surface area contributed by atoms with Gasteiger partial charge in [0.25, 0.3) is 0 Å². The number of aryl methyl sites for hydroxylation is 1. The highest BCUT2D eigenvalue weighted by Crippen LogP contribution is 2.18. The van der Waals surface area contributed by atoms with Gasteiger partial charge in [0.1, 0.15) is 0 Å². The van der Waals surface area contributed by atoms with Crippen LogP contribution in [0.4, 0.5) is 5.82 Å². The van der Waals surface area contributed by atoms with Crippen LogP contribution >= 0.6 is 12.2 Å². The minimum absolute atomic E-state index is 0.559. The maximum Gasteiger partial charge on any atom is 0.172 e. The maximum absolute atomic E-state index is 5.24. The maximum atomic E-state index is 5.24. The monoisotopic (exact) mass is 286 g/mol. The molecule has 1 fully saturated rings.